The average Bonchev–Trinajstić information content (AvgIpc) is 3.59. The summed E-state index contributed by atoms with van der Waals surface area (Å²) in [4.78, 5) is 15.3. The van der Waals surface area contributed by atoms with Crippen LogP contribution in [0, 0.1) is 34.5 Å². The van der Waals surface area contributed by atoms with Crippen molar-refractivity contribution in [3.8, 4) is 17.2 Å². The summed E-state index contributed by atoms with van der Waals surface area (Å²) in [5.41, 5.74) is 2.63. The molecule has 4 saturated carbocycles. The van der Waals surface area contributed by atoms with Crippen LogP contribution in [0.3, 0.4) is 0 Å². The fourth-order valence-corrected chi connectivity index (χ4v) is 10.4. The minimum absolute atomic E-state index is 0.0325. The number of methoxy groups -OCH3 is 3. The standard InChI is InChI=1S/C35H51NO5/c1-22(37)41-33-24(17-23-18-30(38-4)32(40-6)31(19-23)39-5)20-29-27-10-9-25-21-26(36-15-7-8-16-36)11-13-34(25,2)28(27)12-14-35(29,33)3/h17-19,25-29,33H,7-16,20-21H2,1-6H3/b24-17+/t25-,26-,27+,28-,29-,33-,34-,35-/m0/s1. The number of likely N-dealkylation sites (tertiary alicyclic amines) is 1. The Morgan fingerprint density at radius 3 is 2.22 bits per heavy atom. The fourth-order valence-electron chi connectivity index (χ4n) is 10.4. The van der Waals surface area contributed by atoms with Crippen molar-refractivity contribution >= 4 is 12.0 Å². The Balaban J connectivity index is 1.29. The highest BCUT2D eigenvalue weighted by atomic mass is 16.5. The lowest BCUT2D eigenvalue weighted by Crippen LogP contribution is -2.55. The second-order valence-electron chi connectivity index (χ2n) is 14.2. The molecule has 8 atom stereocenters. The number of hydrogen-bond acceptors (Lipinski definition) is 6. The third kappa shape index (κ3) is 4.86. The number of esters is 1. The van der Waals surface area contributed by atoms with Gasteiger partial charge >= 0.3 is 5.97 Å². The van der Waals surface area contributed by atoms with Crippen molar-refractivity contribution in [3.63, 3.8) is 0 Å². The number of hydrogen-bond donors (Lipinski definition) is 0. The van der Waals surface area contributed by atoms with E-state index in [0.717, 1.165) is 36.3 Å². The van der Waals surface area contributed by atoms with Crippen molar-refractivity contribution in [1.29, 1.82) is 0 Å². The third-order valence-electron chi connectivity index (χ3n) is 12.4. The number of carbonyl (C=O) groups excluding carboxylic acids is 1. The van der Waals surface area contributed by atoms with Gasteiger partial charge in [0.25, 0.3) is 0 Å². The molecular weight excluding hydrogens is 514 g/mol. The van der Waals surface area contributed by atoms with Crippen LogP contribution in [0.5, 0.6) is 17.2 Å². The van der Waals surface area contributed by atoms with Crippen molar-refractivity contribution in [3.05, 3.63) is 23.3 Å². The van der Waals surface area contributed by atoms with E-state index in [1.807, 2.05) is 12.1 Å². The maximum atomic E-state index is 12.5. The van der Waals surface area contributed by atoms with E-state index in [2.05, 4.69) is 24.8 Å². The van der Waals surface area contributed by atoms with Crippen molar-refractivity contribution < 1.29 is 23.7 Å². The van der Waals surface area contributed by atoms with E-state index in [1.165, 1.54) is 70.0 Å². The van der Waals surface area contributed by atoms with E-state index in [1.54, 1.807) is 28.3 Å². The second-order valence-corrected chi connectivity index (χ2v) is 14.2. The van der Waals surface area contributed by atoms with Gasteiger partial charge in [0, 0.05) is 18.4 Å². The Morgan fingerprint density at radius 1 is 0.902 bits per heavy atom. The monoisotopic (exact) mass is 565 g/mol. The fraction of sp³-hybridized carbons (Fsp3) is 0.743. The lowest BCUT2D eigenvalue weighted by atomic mass is 9.45. The van der Waals surface area contributed by atoms with Crippen LogP contribution in [0.15, 0.2) is 17.7 Å². The number of rotatable bonds is 6. The summed E-state index contributed by atoms with van der Waals surface area (Å²) in [6.45, 7) is 9.27. The van der Waals surface area contributed by atoms with E-state index < -0.39 is 0 Å². The van der Waals surface area contributed by atoms with Crippen molar-refractivity contribution in [2.75, 3.05) is 34.4 Å². The molecule has 0 bridgehead atoms. The number of ether oxygens (including phenoxy) is 4. The van der Waals surface area contributed by atoms with Crippen LogP contribution in [-0.2, 0) is 9.53 Å². The molecule has 1 aromatic rings. The summed E-state index contributed by atoms with van der Waals surface area (Å²) in [5, 5.41) is 0. The number of benzene rings is 1. The number of fused-ring (bicyclic) bond motifs is 5. The molecule has 4 aliphatic carbocycles. The maximum Gasteiger partial charge on any atom is 0.303 e. The lowest BCUT2D eigenvalue weighted by Gasteiger charge is -2.61. The Morgan fingerprint density at radius 2 is 1.59 bits per heavy atom. The molecule has 6 rings (SSSR count). The summed E-state index contributed by atoms with van der Waals surface area (Å²) in [5.74, 6) is 4.54. The van der Waals surface area contributed by atoms with Crippen LogP contribution in [0.1, 0.15) is 90.5 Å². The van der Waals surface area contributed by atoms with Crippen molar-refractivity contribution in [1.82, 2.24) is 4.90 Å². The normalized spacial score (nSPS) is 39.5. The highest BCUT2D eigenvalue weighted by molar-refractivity contribution is 5.68. The summed E-state index contributed by atoms with van der Waals surface area (Å²) in [6.07, 6.45) is 15.0. The van der Waals surface area contributed by atoms with Crippen LogP contribution < -0.4 is 14.2 Å². The number of carbonyl (C=O) groups is 1. The molecule has 0 amide bonds. The van der Waals surface area contributed by atoms with Gasteiger partial charge in [-0.05, 0) is 130 Å². The molecule has 1 aromatic carbocycles. The molecule has 1 saturated heterocycles. The first-order chi connectivity index (χ1) is 19.7. The second kappa shape index (κ2) is 11.1. The van der Waals surface area contributed by atoms with E-state index in [9.17, 15) is 4.79 Å². The van der Waals surface area contributed by atoms with Gasteiger partial charge in [-0.3, -0.25) is 4.79 Å². The topological polar surface area (TPSA) is 57.2 Å². The SMILES string of the molecule is COc1cc(/C=C2\C[C@H]3[C@@H]4CC[C@H]5C[C@@H](N6CCCC6)CC[C@]5(C)[C@H]4CC[C@]3(C)[C@H]2OC(C)=O)cc(OC)c1OC. The first-order valence-electron chi connectivity index (χ1n) is 16.1. The summed E-state index contributed by atoms with van der Waals surface area (Å²) < 4.78 is 23.0. The maximum absolute atomic E-state index is 12.5. The first-order valence-corrected chi connectivity index (χ1v) is 16.1. The van der Waals surface area contributed by atoms with Crippen LogP contribution in [-0.4, -0.2) is 57.4 Å². The quantitative estimate of drug-likeness (QED) is 0.342. The Labute approximate surface area is 247 Å². The zero-order chi connectivity index (χ0) is 28.9. The molecule has 0 spiro atoms. The molecule has 0 radical (unpaired) electrons. The first kappa shape index (κ1) is 28.9. The lowest BCUT2D eigenvalue weighted by molar-refractivity contribution is -0.160. The van der Waals surface area contributed by atoms with Gasteiger partial charge < -0.3 is 23.8 Å². The van der Waals surface area contributed by atoms with E-state index >= 15 is 0 Å². The zero-order valence-electron chi connectivity index (χ0n) is 26.2. The number of nitrogens with zero attached hydrogens (tertiary/aromatic N) is 1. The molecule has 0 N–H and O–H groups in total. The van der Waals surface area contributed by atoms with Crippen LogP contribution in [0.4, 0.5) is 0 Å². The molecule has 6 heteroatoms. The molecule has 0 unspecified atom stereocenters. The van der Waals surface area contributed by atoms with Gasteiger partial charge in [-0.25, -0.2) is 0 Å². The van der Waals surface area contributed by atoms with Crippen molar-refractivity contribution in [2.24, 2.45) is 34.5 Å². The van der Waals surface area contributed by atoms with Crippen LogP contribution in [0.25, 0.3) is 6.08 Å². The highest BCUT2D eigenvalue weighted by Crippen LogP contribution is 2.67. The molecule has 226 valence electrons. The van der Waals surface area contributed by atoms with Crippen LogP contribution >= 0.6 is 0 Å². The third-order valence-corrected chi connectivity index (χ3v) is 12.4. The minimum Gasteiger partial charge on any atom is -0.493 e. The smallest absolute Gasteiger partial charge is 0.303 e. The average molecular weight is 566 g/mol. The molecule has 6 nitrogen and oxygen atoms in total. The molecule has 5 fully saturated rings. The van der Waals surface area contributed by atoms with Gasteiger partial charge in [-0.1, -0.05) is 19.9 Å². The Kier molecular flexibility index (Phi) is 7.84. The molecule has 0 aromatic heterocycles. The minimum atomic E-state index is -0.193. The largest absolute Gasteiger partial charge is 0.493 e. The predicted molar refractivity (Wildman–Crippen MR) is 161 cm³/mol. The van der Waals surface area contributed by atoms with E-state index in [-0.39, 0.29) is 17.5 Å². The predicted octanol–water partition coefficient (Wildman–Crippen LogP) is 7.14. The van der Waals surface area contributed by atoms with Gasteiger partial charge in [0.1, 0.15) is 6.10 Å². The Bertz CT molecular complexity index is 1150. The van der Waals surface area contributed by atoms with Gasteiger partial charge in [0.2, 0.25) is 5.75 Å². The molecule has 1 aliphatic heterocycles. The van der Waals surface area contributed by atoms with Gasteiger partial charge in [0.05, 0.1) is 21.3 Å². The Hall–Kier alpha value is -2.21. The molecule has 41 heavy (non-hydrogen) atoms. The molecular formula is C35H51NO5. The van der Waals surface area contributed by atoms with E-state index in [4.69, 9.17) is 18.9 Å². The summed E-state index contributed by atoms with van der Waals surface area (Å²) in [6, 6.07) is 4.81. The highest BCUT2D eigenvalue weighted by Gasteiger charge is 2.62. The molecule has 5 aliphatic rings. The van der Waals surface area contributed by atoms with Crippen LogP contribution in [0.2, 0.25) is 0 Å². The van der Waals surface area contributed by atoms with Gasteiger partial charge in [-0.15, -0.1) is 0 Å². The van der Waals surface area contributed by atoms with Crippen molar-refractivity contribution in [2.45, 2.75) is 97.1 Å². The van der Waals surface area contributed by atoms with Gasteiger partial charge in [0.15, 0.2) is 11.5 Å². The zero-order valence-corrected chi connectivity index (χ0v) is 26.2. The van der Waals surface area contributed by atoms with Gasteiger partial charge in [-0.2, -0.15) is 0 Å². The molecule has 1 heterocycles. The van der Waals surface area contributed by atoms with E-state index in [0.29, 0.717) is 34.5 Å². The summed E-state index contributed by atoms with van der Waals surface area (Å²) >= 11 is 0. The summed E-state index contributed by atoms with van der Waals surface area (Å²) in [7, 11) is 4.93.